The molecule has 0 unspecified atom stereocenters. The molecule has 0 saturated carbocycles. The summed E-state index contributed by atoms with van der Waals surface area (Å²) in [6.45, 7) is 2.87. The minimum atomic E-state index is 0.0819. The van der Waals surface area contributed by atoms with E-state index in [2.05, 4.69) is 9.97 Å². The molecule has 78 valence electrons. The Morgan fingerprint density at radius 2 is 2.47 bits per heavy atom. The second-order valence-corrected chi connectivity index (χ2v) is 3.98. The van der Waals surface area contributed by atoms with Crippen LogP contribution < -0.4 is 0 Å². The number of carbonyl (C=O) groups is 1. The van der Waals surface area contributed by atoms with Crippen molar-refractivity contribution in [2.45, 2.75) is 19.9 Å². The van der Waals surface area contributed by atoms with Gasteiger partial charge in [-0.05, 0) is 6.92 Å². The Labute approximate surface area is 91.6 Å². The van der Waals surface area contributed by atoms with Gasteiger partial charge in [0.1, 0.15) is 5.82 Å². The molecule has 0 fully saturated rings. The monoisotopic (exact) mass is 221 g/mol. The van der Waals surface area contributed by atoms with Crippen molar-refractivity contribution in [3.8, 4) is 0 Å². The Balaban J connectivity index is 2.13. The van der Waals surface area contributed by atoms with Gasteiger partial charge in [-0.3, -0.25) is 9.78 Å². The van der Waals surface area contributed by atoms with E-state index in [1.54, 1.807) is 17.9 Å². The third kappa shape index (κ3) is 2.12. The van der Waals surface area contributed by atoms with Gasteiger partial charge in [-0.1, -0.05) is 0 Å². The van der Waals surface area contributed by atoms with Crippen molar-refractivity contribution < 1.29 is 4.79 Å². The van der Waals surface area contributed by atoms with E-state index in [4.69, 9.17) is 0 Å². The van der Waals surface area contributed by atoms with Gasteiger partial charge in [0.25, 0.3) is 0 Å². The zero-order valence-corrected chi connectivity index (χ0v) is 9.20. The van der Waals surface area contributed by atoms with Crippen LogP contribution in [-0.2, 0) is 13.0 Å². The Kier molecular flexibility index (Phi) is 2.91. The van der Waals surface area contributed by atoms with Crippen molar-refractivity contribution >= 4 is 17.1 Å². The van der Waals surface area contributed by atoms with Crippen LogP contribution in [0.2, 0.25) is 0 Å². The normalized spacial score (nSPS) is 10.5. The van der Waals surface area contributed by atoms with Gasteiger partial charge in [-0.15, -0.1) is 11.3 Å². The smallest absolute Gasteiger partial charge is 0.181 e. The van der Waals surface area contributed by atoms with Crippen molar-refractivity contribution in [2.75, 3.05) is 0 Å². The first-order chi connectivity index (χ1) is 7.31. The molecule has 0 radical (unpaired) electrons. The van der Waals surface area contributed by atoms with Crippen LogP contribution in [0.15, 0.2) is 24.1 Å². The largest absolute Gasteiger partial charge is 0.335 e. The zero-order valence-electron chi connectivity index (χ0n) is 8.38. The maximum Gasteiger partial charge on any atom is 0.181 e. The number of aromatic nitrogens is 3. The molecule has 0 amide bonds. The topological polar surface area (TPSA) is 47.8 Å². The lowest BCUT2D eigenvalue weighted by Crippen LogP contribution is -2.08. The molecule has 2 aromatic rings. The summed E-state index contributed by atoms with van der Waals surface area (Å²) >= 11 is 1.37. The van der Waals surface area contributed by atoms with Gasteiger partial charge in [0.15, 0.2) is 5.78 Å². The molecule has 0 aliphatic rings. The van der Waals surface area contributed by atoms with Crippen molar-refractivity contribution in [1.29, 1.82) is 0 Å². The maximum absolute atomic E-state index is 11.8. The molecule has 4 nitrogen and oxygen atoms in total. The summed E-state index contributed by atoms with van der Waals surface area (Å²) in [5, 5.41) is 0. The summed E-state index contributed by atoms with van der Waals surface area (Å²) in [5.41, 5.74) is 1.67. The number of thiazole rings is 1. The van der Waals surface area contributed by atoms with Gasteiger partial charge < -0.3 is 4.57 Å². The lowest BCUT2D eigenvalue weighted by Gasteiger charge is -2.02. The molecule has 0 spiro atoms. The SMILES string of the molecule is CCn1ccnc1CC(=O)c1cncs1. The highest BCUT2D eigenvalue weighted by Gasteiger charge is 2.11. The number of hydrogen-bond donors (Lipinski definition) is 0. The van der Waals surface area contributed by atoms with Crippen LogP contribution in [0.1, 0.15) is 22.4 Å². The third-order valence-corrected chi connectivity index (χ3v) is 2.98. The van der Waals surface area contributed by atoms with Crippen LogP contribution in [0.5, 0.6) is 0 Å². The average molecular weight is 221 g/mol. The van der Waals surface area contributed by atoms with Gasteiger partial charge in [0.2, 0.25) is 0 Å². The first-order valence-electron chi connectivity index (χ1n) is 4.73. The molecule has 0 aliphatic heterocycles. The van der Waals surface area contributed by atoms with E-state index in [-0.39, 0.29) is 5.78 Å². The fraction of sp³-hybridized carbons (Fsp3) is 0.300. The van der Waals surface area contributed by atoms with E-state index >= 15 is 0 Å². The van der Waals surface area contributed by atoms with Gasteiger partial charge in [0.05, 0.1) is 16.8 Å². The zero-order chi connectivity index (χ0) is 10.7. The molecule has 5 heteroatoms. The predicted octanol–water partition coefficient (Wildman–Crippen LogP) is 1.78. The first-order valence-corrected chi connectivity index (χ1v) is 5.61. The summed E-state index contributed by atoms with van der Waals surface area (Å²) in [5.74, 6) is 0.898. The fourth-order valence-corrected chi connectivity index (χ4v) is 1.94. The molecule has 2 rings (SSSR count). The van der Waals surface area contributed by atoms with E-state index in [1.165, 1.54) is 11.3 Å². The second kappa shape index (κ2) is 4.35. The summed E-state index contributed by atoms with van der Waals surface area (Å²) in [7, 11) is 0. The summed E-state index contributed by atoms with van der Waals surface area (Å²) < 4.78 is 1.97. The lowest BCUT2D eigenvalue weighted by molar-refractivity contribution is 0.0993. The van der Waals surface area contributed by atoms with E-state index in [9.17, 15) is 4.79 Å². The Bertz CT molecular complexity index is 447. The number of rotatable bonds is 4. The summed E-state index contributed by atoms with van der Waals surface area (Å²) in [6.07, 6.45) is 5.56. The maximum atomic E-state index is 11.8. The van der Waals surface area contributed by atoms with Gasteiger partial charge in [-0.2, -0.15) is 0 Å². The molecule has 2 aromatic heterocycles. The van der Waals surface area contributed by atoms with Crippen molar-refractivity contribution in [2.24, 2.45) is 0 Å². The molecule has 0 atom stereocenters. The Hall–Kier alpha value is -1.49. The Morgan fingerprint density at radius 3 is 3.13 bits per heavy atom. The van der Waals surface area contributed by atoms with Crippen LogP contribution >= 0.6 is 11.3 Å². The molecular formula is C10H11N3OS. The highest BCUT2D eigenvalue weighted by molar-refractivity contribution is 7.11. The van der Waals surface area contributed by atoms with Crippen LogP contribution in [0.4, 0.5) is 0 Å². The van der Waals surface area contributed by atoms with Crippen molar-refractivity contribution in [3.63, 3.8) is 0 Å². The molecule has 0 aliphatic carbocycles. The lowest BCUT2D eigenvalue weighted by atomic mass is 10.2. The number of imidazole rings is 1. The molecular weight excluding hydrogens is 210 g/mol. The van der Waals surface area contributed by atoms with Crippen LogP contribution in [0, 0.1) is 0 Å². The van der Waals surface area contributed by atoms with Crippen molar-refractivity contribution in [3.05, 3.63) is 34.8 Å². The number of Topliss-reactive ketones (excluding diaryl/α,β-unsaturated/α-hetero) is 1. The number of ketones is 1. The molecule has 0 bridgehead atoms. The van der Waals surface area contributed by atoms with Gasteiger partial charge in [0, 0.05) is 25.1 Å². The van der Waals surface area contributed by atoms with Crippen LogP contribution in [-0.4, -0.2) is 20.3 Å². The summed E-state index contributed by atoms with van der Waals surface area (Å²) in [6, 6.07) is 0. The molecule has 0 saturated heterocycles. The number of hydrogen-bond acceptors (Lipinski definition) is 4. The first kappa shape index (κ1) is 10.0. The van der Waals surface area contributed by atoms with E-state index in [1.807, 2.05) is 17.7 Å². The van der Waals surface area contributed by atoms with Crippen LogP contribution in [0.3, 0.4) is 0 Å². The van der Waals surface area contributed by atoms with Gasteiger partial charge in [-0.25, -0.2) is 4.98 Å². The van der Waals surface area contributed by atoms with E-state index in [0.29, 0.717) is 11.3 Å². The highest BCUT2D eigenvalue weighted by Crippen LogP contribution is 2.10. The standard InChI is InChI=1S/C10H11N3OS/c1-2-13-4-3-12-10(13)5-8(14)9-6-11-7-15-9/h3-4,6-7H,2,5H2,1H3. The molecule has 0 N–H and O–H groups in total. The number of carbonyl (C=O) groups excluding carboxylic acids is 1. The predicted molar refractivity (Wildman–Crippen MR) is 58.0 cm³/mol. The Morgan fingerprint density at radius 1 is 1.60 bits per heavy atom. The van der Waals surface area contributed by atoms with E-state index < -0.39 is 0 Å². The number of aryl methyl sites for hydroxylation is 1. The minimum absolute atomic E-state index is 0.0819. The molecule has 2 heterocycles. The van der Waals surface area contributed by atoms with Gasteiger partial charge >= 0.3 is 0 Å². The molecule has 0 aromatic carbocycles. The van der Waals surface area contributed by atoms with E-state index in [0.717, 1.165) is 12.4 Å². The fourth-order valence-electron chi connectivity index (χ4n) is 1.38. The average Bonchev–Trinajstić information content (AvgIpc) is 2.87. The number of nitrogens with zero attached hydrogens (tertiary/aromatic N) is 3. The quantitative estimate of drug-likeness (QED) is 0.739. The van der Waals surface area contributed by atoms with Crippen molar-refractivity contribution in [1.82, 2.24) is 14.5 Å². The molecule has 15 heavy (non-hydrogen) atoms. The second-order valence-electron chi connectivity index (χ2n) is 3.10. The van der Waals surface area contributed by atoms with Crippen LogP contribution in [0.25, 0.3) is 0 Å². The third-order valence-electron chi connectivity index (χ3n) is 2.17. The highest BCUT2D eigenvalue weighted by atomic mass is 32.1. The summed E-state index contributed by atoms with van der Waals surface area (Å²) in [4.78, 5) is 20.5. The minimum Gasteiger partial charge on any atom is -0.335 e.